The van der Waals surface area contributed by atoms with Gasteiger partial charge in [-0.15, -0.1) is 0 Å². The Morgan fingerprint density at radius 2 is 2.00 bits per heavy atom. The first-order valence-corrected chi connectivity index (χ1v) is 6.91. The molecule has 0 fully saturated rings. The molecule has 106 valence electrons. The Kier molecular flexibility index (Phi) is 4.74. The summed E-state index contributed by atoms with van der Waals surface area (Å²) < 4.78 is 5.89. The Bertz CT molecular complexity index is 581. The van der Waals surface area contributed by atoms with E-state index in [1.165, 1.54) is 5.56 Å². The molecule has 20 heavy (non-hydrogen) atoms. The summed E-state index contributed by atoms with van der Waals surface area (Å²) >= 11 is 0. The van der Waals surface area contributed by atoms with Gasteiger partial charge in [0.05, 0.1) is 0 Å². The molecule has 1 aromatic heterocycles. The number of nitrogens with zero attached hydrogens (tertiary/aromatic N) is 1. The summed E-state index contributed by atoms with van der Waals surface area (Å²) in [5.74, 6) is 0.929. The molecule has 1 unspecified atom stereocenters. The fraction of sp³-hybridized carbons (Fsp3) is 0.353. The van der Waals surface area contributed by atoms with Crippen LogP contribution in [0.1, 0.15) is 35.2 Å². The molecule has 2 rings (SSSR count). The number of rotatable bonds is 5. The number of hydrogen-bond donors (Lipinski definition) is 1. The first kappa shape index (κ1) is 14.5. The molecule has 1 atom stereocenters. The molecule has 0 aliphatic carbocycles. The summed E-state index contributed by atoms with van der Waals surface area (Å²) in [6.45, 7) is 6.82. The minimum atomic E-state index is 0.351. The van der Waals surface area contributed by atoms with Crippen molar-refractivity contribution in [2.45, 2.75) is 33.4 Å². The van der Waals surface area contributed by atoms with E-state index in [0.29, 0.717) is 12.6 Å². The molecule has 0 aliphatic heterocycles. The van der Waals surface area contributed by atoms with E-state index in [1.54, 1.807) is 0 Å². The van der Waals surface area contributed by atoms with Gasteiger partial charge in [-0.2, -0.15) is 0 Å². The van der Waals surface area contributed by atoms with Crippen molar-refractivity contribution in [1.29, 1.82) is 0 Å². The summed E-state index contributed by atoms with van der Waals surface area (Å²) in [7, 11) is 1.97. The number of aryl methyl sites for hydroxylation is 2. The fourth-order valence-electron chi connectivity index (χ4n) is 2.13. The SMILES string of the molecule is CNC(C)c1ccc(OCc2cncc(C)c2)c(C)c1. The second-order valence-corrected chi connectivity index (χ2v) is 5.19. The second-order valence-electron chi connectivity index (χ2n) is 5.19. The van der Waals surface area contributed by atoms with Crippen LogP contribution in [-0.2, 0) is 6.61 Å². The molecular formula is C17H22N2O. The van der Waals surface area contributed by atoms with E-state index in [0.717, 1.165) is 22.4 Å². The van der Waals surface area contributed by atoms with Gasteiger partial charge in [0, 0.05) is 24.0 Å². The third kappa shape index (κ3) is 3.58. The van der Waals surface area contributed by atoms with Crippen LogP contribution >= 0.6 is 0 Å². The number of nitrogens with one attached hydrogen (secondary N) is 1. The van der Waals surface area contributed by atoms with Gasteiger partial charge >= 0.3 is 0 Å². The van der Waals surface area contributed by atoms with Crippen LogP contribution in [0.15, 0.2) is 36.7 Å². The summed E-state index contributed by atoms with van der Waals surface area (Å²) in [6.07, 6.45) is 3.70. The summed E-state index contributed by atoms with van der Waals surface area (Å²) in [4.78, 5) is 4.18. The van der Waals surface area contributed by atoms with Crippen LogP contribution in [0.4, 0.5) is 0 Å². The van der Waals surface area contributed by atoms with E-state index < -0.39 is 0 Å². The van der Waals surface area contributed by atoms with Crippen LogP contribution < -0.4 is 10.1 Å². The van der Waals surface area contributed by atoms with Gasteiger partial charge in [-0.1, -0.05) is 12.1 Å². The van der Waals surface area contributed by atoms with Gasteiger partial charge in [0.15, 0.2) is 0 Å². The van der Waals surface area contributed by atoms with Gasteiger partial charge in [0.25, 0.3) is 0 Å². The molecule has 3 heteroatoms. The van der Waals surface area contributed by atoms with Crippen molar-refractivity contribution in [3.63, 3.8) is 0 Å². The minimum absolute atomic E-state index is 0.351. The molecule has 1 heterocycles. The normalized spacial score (nSPS) is 12.2. The van der Waals surface area contributed by atoms with Crippen LogP contribution in [-0.4, -0.2) is 12.0 Å². The van der Waals surface area contributed by atoms with E-state index in [-0.39, 0.29) is 0 Å². The number of benzene rings is 1. The third-order valence-corrected chi connectivity index (χ3v) is 3.46. The first-order chi connectivity index (χ1) is 9.60. The van der Waals surface area contributed by atoms with Gasteiger partial charge in [-0.25, -0.2) is 0 Å². The van der Waals surface area contributed by atoms with Gasteiger partial charge in [0.1, 0.15) is 12.4 Å². The van der Waals surface area contributed by atoms with Gasteiger partial charge < -0.3 is 10.1 Å². The van der Waals surface area contributed by atoms with E-state index in [4.69, 9.17) is 4.74 Å². The number of ether oxygens (including phenoxy) is 1. The topological polar surface area (TPSA) is 34.1 Å². The minimum Gasteiger partial charge on any atom is -0.489 e. The highest BCUT2D eigenvalue weighted by molar-refractivity contribution is 5.37. The monoisotopic (exact) mass is 270 g/mol. The molecule has 1 aromatic carbocycles. The lowest BCUT2D eigenvalue weighted by Gasteiger charge is -2.14. The molecule has 1 N–H and O–H groups in total. The average Bonchev–Trinajstić information content (AvgIpc) is 2.45. The smallest absolute Gasteiger partial charge is 0.122 e. The molecule has 3 nitrogen and oxygen atoms in total. The maximum atomic E-state index is 5.89. The van der Waals surface area contributed by atoms with Crippen molar-refractivity contribution < 1.29 is 4.74 Å². The standard InChI is InChI=1S/C17H22N2O/c1-12-7-15(10-19-9-12)11-20-17-6-5-16(8-13(17)2)14(3)18-4/h5-10,14,18H,11H2,1-4H3. The molecule has 0 spiro atoms. The van der Waals surface area contributed by atoms with Crippen molar-refractivity contribution in [2.75, 3.05) is 7.05 Å². The predicted molar refractivity (Wildman–Crippen MR) is 82.0 cm³/mol. The van der Waals surface area contributed by atoms with Gasteiger partial charge in [-0.3, -0.25) is 4.98 Å². The molecule has 0 amide bonds. The number of aromatic nitrogens is 1. The van der Waals surface area contributed by atoms with Crippen LogP contribution in [0.3, 0.4) is 0 Å². The lowest BCUT2D eigenvalue weighted by atomic mass is 10.1. The Hall–Kier alpha value is -1.87. The van der Waals surface area contributed by atoms with Crippen molar-refractivity contribution in [1.82, 2.24) is 10.3 Å². The van der Waals surface area contributed by atoms with E-state index in [2.05, 4.69) is 42.3 Å². The molecule has 0 bridgehead atoms. The van der Waals surface area contributed by atoms with E-state index >= 15 is 0 Å². The van der Waals surface area contributed by atoms with Crippen molar-refractivity contribution >= 4 is 0 Å². The highest BCUT2D eigenvalue weighted by Crippen LogP contribution is 2.23. The Balaban J connectivity index is 2.07. The van der Waals surface area contributed by atoms with Crippen LogP contribution in [0, 0.1) is 13.8 Å². The Labute approximate surface area is 121 Å². The summed E-state index contributed by atoms with van der Waals surface area (Å²) in [5.41, 5.74) is 4.68. The first-order valence-electron chi connectivity index (χ1n) is 6.91. The molecular weight excluding hydrogens is 248 g/mol. The Morgan fingerprint density at radius 3 is 2.65 bits per heavy atom. The lowest BCUT2D eigenvalue weighted by molar-refractivity contribution is 0.303. The molecule has 0 saturated heterocycles. The fourth-order valence-corrected chi connectivity index (χ4v) is 2.13. The zero-order chi connectivity index (χ0) is 14.5. The van der Waals surface area contributed by atoms with Crippen LogP contribution in [0.2, 0.25) is 0 Å². The van der Waals surface area contributed by atoms with E-state index in [9.17, 15) is 0 Å². The van der Waals surface area contributed by atoms with Crippen molar-refractivity contribution in [3.8, 4) is 5.75 Å². The van der Waals surface area contributed by atoms with Gasteiger partial charge in [-0.05, 0) is 56.6 Å². The summed E-state index contributed by atoms with van der Waals surface area (Å²) in [6, 6.07) is 8.77. The highest BCUT2D eigenvalue weighted by Gasteiger charge is 2.06. The quantitative estimate of drug-likeness (QED) is 0.902. The average molecular weight is 270 g/mol. The molecule has 0 radical (unpaired) electrons. The lowest BCUT2D eigenvalue weighted by Crippen LogP contribution is -2.12. The molecule has 2 aromatic rings. The maximum absolute atomic E-state index is 5.89. The van der Waals surface area contributed by atoms with Gasteiger partial charge in [0.2, 0.25) is 0 Å². The molecule has 0 saturated carbocycles. The largest absolute Gasteiger partial charge is 0.489 e. The number of hydrogen-bond acceptors (Lipinski definition) is 3. The van der Waals surface area contributed by atoms with Crippen LogP contribution in [0.25, 0.3) is 0 Å². The van der Waals surface area contributed by atoms with E-state index in [1.807, 2.05) is 32.4 Å². The summed E-state index contributed by atoms with van der Waals surface area (Å²) in [5, 5.41) is 3.24. The van der Waals surface area contributed by atoms with Crippen molar-refractivity contribution in [2.24, 2.45) is 0 Å². The maximum Gasteiger partial charge on any atom is 0.122 e. The molecule has 0 aliphatic rings. The van der Waals surface area contributed by atoms with Crippen LogP contribution in [0.5, 0.6) is 5.75 Å². The number of pyridine rings is 1. The van der Waals surface area contributed by atoms with Crippen molar-refractivity contribution in [3.05, 3.63) is 58.9 Å². The predicted octanol–water partition coefficient (Wildman–Crippen LogP) is 3.56. The Morgan fingerprint density at radius 1 is 1.20 bits per heavy atom. The zero-order valence-corrected chi connectivity index (χ0v) is 12.6. The zero-order valence-electron chi connectivity index (χ0n) is 12.6. The highest BCUT2D eigenvalue weighted by atomic mass is 16.5. The second kappa shape index (κ2) is 6.53. The third-order valence-electron chi connectivity index (χ3n) is 3.46.